The largest absolute Gasteiger partial charge is 0.486 e. The van der Waals surface area contributed by atoms with Crippen molar-refractivity contribution < 1.29 is 4.74 Å². The van der Waals surface area contributed by atoms with Crippen molar-refractivity contribution in [1.29, 1.82) is 0 Å². The van der Waals surface area contributed by atoms with Gasteiger partial charge in [-0.2, -0.15) is 0 Å². The van der Waals surface area contributed by atoms with E-state index in [1.807, 2.05) is 35.8 Å². The third kappa shape index (κ3) is 5.41. The maximum absolute atomic E-state index is 6.10. The molecule has 0 aliphatic heterocycles. The molecule has 2 heterocycles. The van der Waals surface area contributed by atoms with E-state index >= 15 is 0 Å². The Balaban J connectivity index is 1.42. The number of hydrogen-bond acceptors (Lipinski definition) is 6. The van der Waals surface area contributed by atoms with Crippen LogP contribution in [-0.4, -0.2) is 19.7 Å². The highest BCUT2D eigenvalue weighted by Crippen LogP contribution is 2.28. The van der Waals surface area contributed by atoms with Crippen LogP contribution in [0.1, 0.15) is 22.6 Å². The Morgan fingerprint density at radius 2 is 1.97 bits per heavy atom. The Hall–Kier alpha value is -2.61. The van der Waals surface area contributed by atoms with Crippen LogP contribution in [0.5, 0.6) is 5.75 Å². The highest BCUT2D eigenvalue weighted by molar-refractivity contribution is 7.98. The SMILES string of the molecule is C=CCn1c(COc2ccc(Cl)c(C)c2)nnc1SCc1csc(-c2ccc(C)cc2)n1. The van der Waals surface area contributed by atoms with Crippen LogP contribution in [0, 0.1) is 13.8 Å². The zero-order chi connectivity index (χ0) is 22.5. The van der Waals surface area contributed by atoms with Gasteiger partial charge in [-0.25, -0.2) is 4.98 Å². The number of thioether (sulfide) groups is 1. The number of aryl methyl sites for hydroxylation is 2. The summed E-state index contributed by atoms with van der Waals surface area (Å²) in [5, 5.41) is 13.4. The summed E-state index contributed by atoms with van der Waals surface area (Å²) >= 11 is 9.36. The van der Waals surface area contributed by atoms with E-state index in [1.54, 1.807) is 23.1 Å². The summed E-state index contributed by atoms with van der Waals surface area (Å²) in [5.74, 6) is 2.22. The van der Waals surface area contributed by atoms with Gasteiger partial charge in [0.15, 0.2) is 11.0 Å². The molecule has 0 unspecified atom stereocenters. The van der Waals surface area contributed by atoms with Gasteiger partial charge in [0, 0.05) is 28.3 Å². The van der Waals surface area contributed by atoms with Crippen molar-refractivity contribution in [3.05, 3.63) is 88.2 Å². The smallest absolute Gasteiger partial charge is 0.191 e. The van der Waals surface area contributed by atoms with Gasteiger partial charge in [-0.3, -0.25) is 4.57 Å². The zero-order valence-electron chi connectivity index (χ0n) is 17.9. The van der Waals surface area contributed by atoms with E-state index in [0.29, 0.717) is 13.2 Å². The van der Waals surface area contributed by atoms with Gasteiger partial charge in [0.2, 0.25) is 0 Å². The monoisotopic (exact) mass is 482 g/mol. The van der Waals surface area contributed by atoms with Crippen molar-refractivity contribution in [3.8, 4) is 16.3 Å². The van der Waals surface area contributed by atoms with Crippen LogP contribution in [0.25, 0.3) is 10.6 Å². The number of allylic oxidation sites excluding steroid dienone is 1. The van der Waals surface area contributed by atoms with Gasteiger partial charge in [0.25, 0.3) is 0 Å². The fourth-order valence-corrected chi connectivity index (χ4v) is 4.95. The van der Waals surface area contributed by atoms with Gasteiger partial charge in [0.1, 0.15) is 17.4 Å². The molecule has 0 amide bonds. The lowest BCUT2D eigenvalue weighted by Crippen LogP contribution is -2.07. The second-order valence-corrected chi connectivity index (χ2v) is 9.50. The number of halogens is 1. The van der Waals surface area contributed by atoms with Crippen LogP contribution in [0.2, 0.25) is 5.02 Å². The van der Waals surface area contributed by atoms with Crippen LogP contribution in [0.15, 0.2) is 65.7 Å². The van der Waals surface area contributed by atoms with Gasteiger partial charge >= 0.3 is 0 Å². The summed E-state index contributed by atoms with van der Waals surface area (Å²) < 4.78 is 7.94. The van der Waals surface area contributed by atoms with Gasteiger partial charge in [0.05, 0.1) is 5.69 Å². The number of benzene rings is 2. The molecule has 0 N–H and O–H groups in total. The molecule has 0 spiro atoms. The Morgan fingerprint density at radius 3 is 2.72 bits per heavy atom. The lowest BCUT2D eigenvalue weighted by molar-refractivity contribution is 0.289. The fourth-order valence-electron chi connectivity index (χ4n) is 3.04. The van der Waals surface area contributed by atoms with Crippen molar-refractivity contribution >= 4 is 34.7 Å². The molecule has 2 aromatic carbocycles. The second-order valence-electron chi connectivity index (χ2n) is 7.30. The quantitative estimate of drug-likeness (QED) is 0.195. The normalized spacial score (nSPS) is 11.0. The topological polar surface area (TPSA) is 52.8 Å². The summed E-state index contributed by atoms with van der Waals surface area (Å²) in [7, 11) is 0. The van der Waals surface area contributed by atoms with E-state index in [1.165, 1.54) is 5.56 Å². The van der Waals surface area contributed by atoms with Crippen LogP contribution in [-0.2, 0) is 18.9 Å². The molecule has 0 aliphatic rings. The molecular weight excluding hydrogens is 460 g/mol. The number of rotatable bonds is 9. The van der Waals surface area contributed by atoms with E-state index in [0.717, 1.165) is 49.3 Å². The maximum atomic E-state index is 6.10. The molecule has 2 aromatic heterocycles. The van der Waals surface area contributed by atoms with E-state index < -0.39 is 0 Å². The zero-order valence-corrected chi connectivity index (χ0v) is 20.3. The first-order chi connectivity index (χ1) is 15.5. The van der Waals surface area contributed by atoms with E-state index in [-0.39, 0.29) is 0 Å². The molecule has 0 radical (unpaired) electrons. The van der Waals surface area contributed by atoms with E-state index in [9.17, 15) is 0 Å². The van der Waals surface area contributed by atoms with Crippen LogP contribution >= 0.6 is 34.7 Å². The molecular formula is C24H23ClN4OS2. The molecule has 0 saturated carbocycles. The molecule has 8 heteroatoms. The summed E-state index contributed by atoms with van der Waals surface area (Å²) in [4.78, 5) is 4.78. The predicted molar refractivity (Wildman–Crippen MR) is 133 cm³/mol. The molecule has 4 aromatic rings. The van der Waals surface area contributed by atoms with Gasteiger partial charge in [-0.15, -0.1) is 28.1 Å². The first-order valence-electron chi connectivity index (χ1n) is 10.1. The molecule has 0 aliphatic carbocycles. The molecule has 0 atom stereocenters. The number of hydrogen-bond donors (Lipinski definition) is 0. The maximum Gasteiger partial charge on any atom is 0.191 e. The molecule has 32 heavy (non-hydrogen) atoms. The number of nitrogens with zero attached hydrogens (tertiary/aromatic N) is 4. The summed E-state index contributed by atoms with van der Waals surface area (Å²) in [6.45, 7) is 8.83. The van der Waals surface area contributed by atoms with Gasteiger partial charge in [-0.1, -0.05) is 59.3 Å². The van der Waals surface area contributed by atoms with Gasteiger partial charge < -0.3 is 4.74 Å². The third-order valence-electron chi connectivity index (χ3n) is 4.80. The Kier molecular flexibility index (Phi) is 7.29. The van der Waals surface area contributed by atoms with Crippen LogP contribution < -0.4 is 4.74 Å². The highest BCUT2D eigenvalue weighted by atomic mass is 35.5. The first-order valence-corrected chi connectivity index (χ1v) is 12.3. The minimum Gasteiger partial charge on any atom is -0.486 e. The average molecular weight is 483 g/mol. The lowest BCUT2D eigenvalue weighted by Gasteiger charge is -2.09. The van der Waals surface area contributed by atoms with Crippen LogP contribution in [0.4, 0.5) is 0 Å². The number of ether oxygens (including phenoxy) is 1. The van der Waals surface area contributed by atoms with Crippen molar-refractivity contribution in [1.82, 2.24) is 19.7 Å². The van der Waals surface area contributed by atoms with Crippen molar-refractivity contribution in [2.24, 2.45) is 0 Å². The Morgan fingerprint density at radius 1 is 1.16 bits per heavy atom. The average Bonchev–Trinajstić information content (AvgIpc) is 3.41. The third-order valence-corrected chi connectivity index (χ3v) is 7.17. The number of aromatic nitrogens is 4. The standard InChI is InChI=1S/C24H23ClN4OS2/c1-4-11-29-22(13-30-20-9-10-21(25)17(3)12-20)27-28-24(29)32-15-19-14-31-23(26-19)18-7-5-16(2)6-8-18/h4-10,12,14H,1,11,13,15H2,2-3H3. The Labute approximate surface area is 201 Å². The van der Waals surface area contributed by atoms with E-state index in [2.05, 4.69) is 53.3 Å². The van der Waals surface area contributed by atoms with Crippen molar-refractivity contribution in [2.75, 3.05) is 0 Å². The minimum absolute atomic E-state index is 0.316. The lowest BCUT2D eigenvalue weighted by atomic mass is 10.2. The molecule has 0 saturated heterocycles. The first kappa shape index (κ1) is 22.6. The fraction of sp³-hybridized carbons (Fsp3) is 0.208. The highest BCUT2D eigenvalue weighted by Gasteiger charge is 2.14. The van der Waals surface area contributed by atoms with E-state index in [4.69, 9.17) is 21.3 Å². The molecule has 4 rings (SSSR count). The van der Waals surface area contributed by atoms with Gasteiger partial charge in [-0.05, 0) is 37.6 Å². The van der Waals surface area contributed by atoms with Crippen LogP contribution in [0.3, 0.4) is 0 Å². The second kappa shape index (κ2) is 10.3. The summed E-state index contributed by atoms with van der Waals surface area (Å²) in [5.41, 5.74) is 4.39. The molecule has 0 bridgehead atoms. The Bertz CT molecular complexity index is 1220. The molecule has 5 nitrogen and oxygen atoms in total. The number of thiazole rings is 1. The summed E-state index contributed by atoms with van der Waals surface area (Å²) in [6.07, 6.45) is 1.84. The predicted octanol–water partition coefficient (Wildman–Crippen LogP) is 6.73. The van der Waals surface area contributed by atoms with Crippen molar-refractivity contribution in [3.63, 3.8) is 0 Å². The molecule has 0 fully saturated rings. The molecule has 164 valence electrons. The summed E-state index contributed by atoms with van der Waals surface area (Å²) in [6, 6.07) is 14.0. The minimum atomic E-state index is 0.316. The van der Waals surface area contributed by atoms with Crippen molar-refractivity contribution in [2.45, 2.75) is 37.9 Å².